The van der Waals surface area contributed by atoms with Crippen molar-refractivity contribution in [3.63, 3.8) is 0 Å². The van der Waals surface area contributed by atoms with Gasteiger partial charge in [-0.2, -0.15) is 15.0 Å². The maximum atomic E-state index is 4.03. The highest BCUT2D eigenvalue weighted by Crippen LogP contribution is 2.12. The molecule has 6 nitrogen and oxygen atoms in total. The minimum atomic E-state index is 0.715. The summed E-state index contributed by atoms with van der Waals surface area (Å²) in [6.07, 6.45) is 6.88. The SMILES string of the molecule is Brc1cccc(Cn2ccnn2)c1.Brc1cccc(Cn2nccn2)c1. The zero-order chi connectivity index (χ0) is 18.2. The fraction of sp³-hybridized carbons (Fsp3) is 0.111. The van der Waals surface area contributed by atoms with Gasteiger partial charge >= 0.3 is 0 Å². The standard InChI is InChI=1S/2C9H8BrN3/c10-9-3-1-2-8(6-9)7-13-5-4-11-12-13;10-9-3-1-2-8(6-9)7-13-11-4-5-12-13/h2*1-6H,7H2. The molecule has 8 heteroatoms. The molecule has 0 aliphatic heterocycles. The Morgan fingerprint density at radius 1 is 0.769 bits per heavy atom. The third kappa shape index (κ3) is 5.89. The summed E-state index contributed by atoms with van der Waals surface area (Å²) < 4.78 is 3.96. The maximum Gasteiger partial charge on any atom is 0.0857 e. The first-order valence-electron chi connectivity index (χ1n) is 7.86. The van der Waals surface area contributed by atoms with Crippen LogP contribution in [0.3, 0.4) is 0 Å². The molecule has 2 heterocycles. The van der Waals surface area contributed by atoms with E-state index >= 15 is 0 Å². The van der Waals surface area contributed by atoms with Gasteiger partial charge in [-0.1, -0.05) is 61.3 Å². The molecule has 0 N–H and O–H groups in total. The summed E-state index contributed by atoms with van der Waals surface area (Å²) in [6, 6.07) is 16.3. The zero-order valence-corrected chi connectivity index (χ0v) is 17.0. The van der Waals surface area contributed by atoms with E-state index in [1.165, 1.54) is 11.1 Å². The van der Waals surface area contributed by atoms with E-state index in [0.29, 0.717) is 6.54 Å². The highest BCUT2D eigenvalue weighted by Gasteiger charge is 1.96. The summed E-state index contributed by atoms with van der Waals surface area (Å²) in [4.78, 5) is 1.65. The molecule has 0 atom stereocenters. The lowest BCUT2D eigenvalue weighted by Gasteiger charge is -2.00. The molecular weight excluding hydrogens is 460 g/mol. The van der Waals surface area contributed by atoms with Gasteiger partial charge in [0.05, 0.1) is 31.7 Å². The first-order chi connectivity index (χ1) is 12.7. The van der Waals surface area contributed by atoms with Gasteiger partial charge in [0.15, 0.2) is 0 Å². The largest absolute Gasteiger partial charge is 0.248 e. The Labute approximate surface area is 168 Å². The lowest BCUT2D eigenvalue weighted by atomic mass is 10.2. The maximum absolute atomic E-state index is 4.03. The van der Waals surface area contributed by atoms with Crippen molar-refractivity contribution in [3.05, 3.63) is 93.4 Å². The summed E-state index contributed by atoms with van der Waals surface area (Å²) in [5, 5.41) is 15.7. The van der Waals surface area contributed by atoms with Crippen LogP contribution in [-0.2, 0) is 13.1 Å². The molecule has 4 aromatic rings. The molecule has 26 heavy (non-hydrogen) atoms. The van der Waals surface area contributed by atoms with Gasteiger partial charge in [0.25, 0.3) is 0 Å². The molecule has 0 saturated carbocycles. The minimum Gasteiger partial charge on any atom is -0.248 e. The molecule has 4 rings (SSSR count). The van der Waals surface area contributed by atoms with Crippen molar-refractivity contribution in [1.29, 1.82) is 0 Å². The average molecular weight is 476 g/mol. The van der Waals surface area contributed by atoms with Crippen LogP contribution in [-0.4, -0.2) is 30.0 Å². The van der Waals surface area contributed by atoms with Gasteiger partial charge in [-0.25, -0.2) is 4.68 Å². The molecule has 0 amide bonds. The van der Waals surface area contributed by atoms with Crippen LogP contribution in [0.1, 0.15) is 11.1 Å². The zero-order valence-electron chi connectivity index (χ0n) is 13.8. The molecule has 0 unspecified atom stereocenters. The van der Waals surface area contributed by atoms with Gasteiger partial charge in [0, 0.05) is 15.1 Å². The summed E-state index contributed by atoms with van der Waals surface area (Å²) in [7, 11) is 0. The molecule has 2 aromatic heterocycles. The Balaban J connectivity index is 0.000000151. The quantitative estimate of drug-likeness (QED) is 0.444. The molecule has 0 radical (unpaired) electrons. The van der Waals surface area contributed by atoms with Crippen molar-refractivity contribution in [2.24, 2.45) is 0 Å². The minimum absolute atomic E-state index is 0.715. The molecule has 0 fully saturated rings. The van der Waals surface area contributed by atoms with E-state index in [-0.39, 0.29) is 0 Å². The second kappa shape index (κ2) is 9.40. The van der Waals surface area contributed by atoms with Crippen LogP contribution in [0.2, 0.25) is 0 Å². The van der Waals surface area contributed by atoms with E-state index in [2.05, 4.69) is 70.6 Å². The third-order valence-corrected chi connectivity index (χ3v) is 4.37. The van der Waals surface area contributed by atoms with E-state index in [9.17, 15) is 0 Å². The Bertz CT molecular complexity index is 845. The van der Waals surface area contributed by atoms with Gasteiger partial charge in [0.1, 0.15) is 0 Å². The summed E-state index contributed by atoms with van der Waals surface area (Å²) >= 11 is 6.84. The van der Waals surface area contributed by atoms with Crippen molar-refractivity contribution in [3.8, 4) is 0 Å². The van der Waals surface area contributed by atoms with Gasteiger partial charge in [-0.15, -0.1) is 5.10 Å². The summed E-state index contributed by atoms with van der Waals surface area (Å²) in [6.45, 7) is 1.48. The molecule has 0 spiro atoms. The van der Waals surface area contributed by atoms with Crippen LogP contribution in [0.15, 0.2) is 82.3 Å². The smallest absolute Gasteiger partial charge is 0.0857 e. The monoisotopic (exact) mass is 474 g/mol. The number of hydrogen-bond acceptors (Lipinski definition) is 4. The second-order valence-electron chi connectivity index (χ2n) is 5.42. The molecule has 0 aliphatic carbocycles. The van der Waals surface area contributed by atoms with Gasteiger partial charge in [-0.05, 0) is 35.4 Å². The Hall–Kier alpha value is -2.32. The number of nitrogens with zero attached hydrogens (tertiary/aromatic N) is 6. The average Bonchev–Trinajstić information content (AvgIpc) is 3.30. The van der Waals surface area contributed by atoms with Crippen molar-refractivity contribution in [2.75, 3.05) is 0 Å². The Kier molecular flexibility index (Phi) is 6.68. The number of rotatable bonds is 4. The normalized spacial score (nSPS) is 10.2. The molecule has 0 bridgehead atoms. The van der Waals surface area contributed by atoms with Crippen LogP contribution in [0.5, 0.6) is 0 Å². The molecule has 2 aromatic carbocycles. The van der Waals surface area contributed by atoms with Gasteiger partial charge < -0.3 is 0 Å². The molecule has 132 valence electrons. The summed E-state index contributed by atoms with van der Waals surface area (Å²) in [5.74, 6) is 0. The summed E-state index contributed by atoms with van der Waals surface area (Å²) in [5.41, 5.74) is 2.39. The first kappa shape index (κ1) is 18.5. The number of aromatic nitrogens is 6. The predicted octanol–water partition coefficient (Wildman–Crippen LogP) is 4.18. The van der Waals surface area contributed by atoms with Crippen LogP contribution in [0, 0.1) is 0 Å². The van der Waals surface area contributed by atoms with E-state index in [1.54, 1.807) is 28.1 Å². The molecule has 0 saturated heterocycles. The number of halogens is 2. The number of hydrogen-bond donors (Lipinski definition) is 0. The lowest BCUT2D eigenvalue weighted by molar-refractivity contribution is 0.591. The fourth-order valence-electron chi connectivity index (χ4n) is 2.26. The van der Waals surface area contributed by atoms with E-state index in [1.807, 2.05) is 36.5 Å². The van der Waals surface area contributed by atoms with E-state index in [0.717, 1.165) is 15.5 Å². The predicted molar refractivity (Wildman–Crippen MR) is 107 cm³/mol. The first-order valence-corrected chi connectivity index (χ1v) is 9.45. The second-order valence-corrected chi connectivity index (χ2v) is 7.25. The van der Waals surface area contributed by atoms with Gasteiger partial charge in [-0.3, -0.25) is 0 Å². The van der Waals surface area contributed by atoms with Gasteiger partial charge in [0.2, 0.25) is 0 Å². The topological polar surface area (TPSA) is 61.4 Å². The molecular formula is C18H16Br2N6. The highest BCUT2D eigenvalue weighted by molar-refractivity contribution is 9.10. The van der Waals surface area contributed by atoms with Crippen molar-refractivity contribution in [2.45, 2.75) is 13.1 Å². The third-order valence-electron chi connectivity index (χ3n) is 3.39. The molecule has 0 aliphatic rings. The van der Waals surface area contributed by atoms with Crippen molar-refractivity contribution < 1.29 is 0 Å². The Morgan fingerprint density at radius 2 is 1.38 bits per heavy atom. The highest BCUT2D eigenvalue weighted by atomic mass is 79.9. The van der Waals surface area contributed by atoms with E-state index in [4.69, 9.17) is 0 Å². The van der Waals surface area contributed by atoms with Crippen LogP contribution in [0.25, 0.3) is 0 Å². The van der Waals surface area contributed by atoms with Crippen LogP contribution in [0.4, 0.5) is 0 Å². The fourth-order valence-corrected chi connectivity index (χ4v) is 3.16. The van der Waals surface area contributed by atoms with Crippen molar-refractivity contribution in [1.82, 2.24) is 30.0 Å². The number of benzene rings is 2. The lowest BCUT2D eigenvalue weighted by Crippen LogP contribution is -2.02. The van der Waals surface area contributed by atoms with Crippen LogP contribution < -0.4 is 0 Å². The van der Waals surface area contributed by atoms with Crippen molar-refractivity contribution >= 4 is 31.9 Å². The Morgan fingerprint density at radius 3 is 1.92 bits per heavy atom. The van der Waals surface area contributed by atoms with Crippen LogP contribution >= 0.6 is 31.9 Å². The van der Waals surface area contributed by atoms with E-state index < -0.39 is 0 Å².